The van der Waals surface area contributed by atoms with Crippen molar-refractivity contribution in [3.63, 3.8) is 0 Å². The Morgan fingerprint density at radius 2 is 1.84 bits per heavy atom. The van der Waals surface area contributed by atoms with Gasteiger partial charge < -0.3 is 4.42 Å². The summed E-state index contributed by atoms with van der Waals surface area (Å²) in [6.07, 6.45) is 0. The zero-order valence-corrected chi connectivity index (χ0v) is 16.3. The third-order valence-electron chi connectivity index (χ3n) is 4.44. The van der Waals surface area contributed by atoms with Crippen molar-refractivity contribution >= 4 is 11.3 Å². The first kappa shape index (κ1) is 17.8. The highest BCUT2D eigenvalue weighted by atomic mass is 32.1. The summed E-state index contributed by atoms with van der Waals surface area (Å²) in [6, 6.07) is 12.9. The standard InChI is InChI=1S/C20H25N3OS/c1-14(18-21-22-19(24-18)17-7-6-12-25-17)23(5)13-15-8-10-16(11-9-15)20(2,3)4/h6-12,14H,13H2,1-5H3/t14-/m1/s1. The Morgan fingerprint density at radius 1 is 1.12 bits per heavy atom. The summed E-state index contributed by atoms with van der Waals surface area (Å²) in [5, 5.41) is 10.4. The number of nitrogens with zero attached hydrogens (tertiary/aromatic N) is 3. The third-order valence-corrected chi connectivity index (χ3v) is 5.30. The van der Waals surface area contributed by atoms with Crippen LogP contribution in [0.1, 0.15) is 50.8 Å². The van der Waals surface area contributed by atoms with Crippen LogP contribution in [0.4, 0.5) is 0 Å². The van der Waals surface area contributed by atoms with E-state index in [1.807, 2.05) is 17.5 Å². The summed E-state index contributed by atoms with van der Waals surface area (Å²) in [5.74, 6) is 1.25. The minimum atomic E-state index is 0.0588. The van der Waals surface area contributed by atoms with Crippen molar-refractivity contribution in [1.82, 2.24) is 15.1 Å². The zero-order valence-electron chi connectivity index (χ0n) is 15.5. The molecule has 0 radical (unpaired) electrons. The molecule has 3 rings (SSSR count). The van der Waals surface area contributed by atoms with Crippen LogP contribution in [-0.4, -0.2) is 22.1 Å². The summed E-state index contributed by atoms with van der Waals surface area (Å²) in [4.78, 5) is 3.23. The van der Waals surface area contributed by atoms with Gasteiger partial charge in [0, 0.05) is 6.54 Å². The molecule has 0 N–H and O–H groups in total. The Labute approximate surface area is 153 Å². The van der Waals surface area contributed by atoms with Gasteiger partial charge in [-0.1, -0.05) is 51.1 Å². The van der Waals surface area contributed by atoms with Crippen molar-refractivity contribution in [3.05, 3.63) is 58.8 Å². The summed E-state index contributed by atoms with van der Waals surface area (Å²) < 4.78 is 5.86. The molecule has 0 aliphatic heterocycles. The van der Waals surface area contributed by atoms with Crippen LogP contribution >= 0.6 is 11.3 Å². The Kier molecular flexibility index (Phi) is 5.06. The van der Waals surface area contributed by atoms with E-state index in [0.29, 0.717) is 11.8 Å². The van der Waals surface area contributed by atoms with Crippen molar-refractivity contribution in [2.45, 2.75) is 45.7 Å². The van der Waals surface area contributed by atoms with E-state index >= 15 is 0 Å². The molecule has 1 aromatic carbocycles. The van der Waals surface area contributed by atoms with E-state index in [0.717, 1.165) is 11.4 Å². The normalized spacial score (nSPS) is 13.4. The van der Waals surface area contributed by atoms with Crippen LogP contribution in [0, 0.1) is 0 Å². The van der Waals surface area contributed by atoms with Crippen molar-refractivity contribution in [2.75, 3.05) is 7.05 Å². The van der Waals surface area contributed by atoms with Gasteiger partial charge in [0.25, 0.3) is 5.89 Å². The quantitative estimate of drug-likeness (QED) is 0.624. The molecule has 0 fully saturated rings. The Bertz CT molecular complexity index is 800. The van der Waals surface area contributed by atoms with Crippen LogP contribution in [0.2, 0.25) is 0 Å². The van der Waals surface area contributed by atoms with Crippen molar-refractivity contribution < 1.29 is 4.42 Å². The molecule has 4 nitrogen and oxygen atoms in total. The van der Waals surface area contributed by atoms with Gasteiger partial charge >= 0.3 is 0 Å². The van der Waals surface area contributed by atoms with E-state index in [-0.39, 0.29) is 11.5 Å². The first-order chi connectivity index (χ1) is 11.8. The fourth-order valence-electron chi connectivity index (χ4n) is 2.63. The smallest absolute Gasteiger partial charge is 0.257 e. The number of benzene rings is 1. The van der Waals surface area contributed by atoms with Crippen LogP contribution in [0.3, 0.4) is 0 Å². The average Bonchev–Trinajstić information content (AvgIpc) is 3.25. The average molecular weight is 356 g/mol. The van der Waals surface area contributed by atoms with E-state index in [4.69, 9.17) is 4.42 Å². The van der Waals surface area contributed by atoms with E-state index in [2.05, 4.69) is 74.1 Å². The number of thiophene rings is 1. The minimum Gasteiger partial charge on any atom is -0.418 e. The van der Waals surface area contributed by atoms with Gasteiger partial charge in [0.15, 0.2) is 0 Å². The van der Waals surface area contributed by atoms with Crippen molar-refractivity contribution in [3.8, 4) is 10.8 Å². The minimum absolute atomic E-state index is 0.0588. The predicted molar refractivity (Wildman–Crippen MR) is 103 cm³/mol. The molecule has 5 heteroatoms. The van der Waals surface area contributed by atoms with E-state index in [1.165, 1.54) is 11.1 Å². The van der Waals surface area contributed by atoms with Crippen LogP contribution in [-0.2, 0) is 12.0 Å². The molecule has 0 aliphatic carbocycles. The second-order valence-corrected chi connectivity index (χ2v) is 8.41. The highest BCUT2D eigenvalue weighted by Gasteiger charge is 2.20. The van der Waals surface area contributed by atoms with Gasteiger partial charge in [-0.25, -0.2) is 0 Å². The van der Waals surface area contributed by atoms with Gasteiger partial charge in [0.1, 0.15) is 0 Å². The number of aromatic nitrogens is 2. The van der Waals surface area contributed by atoms with Gasteiger partial charge in [-0.2, -0.15) is 0 Å². The third kappa shape index (κ3) is 4.17. The zero-order chi connectivity index (χ0) is 18.0. The SMILES string of the molecule is C[C@H](c1nnc(-c2cccs2)o1)N(C)Cc1ccc(C(C)(C)C)cc1. The van der Waals surface area contributed by atoms with Crippen LogP contribution in [0.5, 0.6) is 0 Å². The molecule has 0 spiro atoms. The van der Waals surface area contributed by atoms with Gasteiger partial charge in [-0.05, 0) is 42.0 Å². The highest BCUT2D eigenvalue weighted by molar-refractivity contribution is 7.13. The van der Waals surface area contributed by atoms with Gasteiger partial charge in [-0.3, -0.25) is 4.90 Å². The van der Waals surface area contributed by atoms with Crippen molar-refractivity contribution in [2.24, 2.45) is 0 Å². The maximum atomic E-state index is 5.86. The lowest BCUT2D eigenvalue weighted by molar-refractivity contribution is 0.218. The van der Waals surface area contributed by atoms with Gasteiger partial charge in [-0.15, -0.1) is 21.5 Å². The van der Waals surface area contributed by atoms with E-state index in [9.17, 15) is 0 Å². The van der Waals surface area contributed by atoms with Crippen LogP contribution < -0.4 is 0 Å². The molecule has 25 heavy (non-hydrogen) atoms. The summed E-state index contributed by atoms with van der Waals surface area (Å²) in [7, 11) is 2.08. The number of hydrogen-bond acceptors (Lipinski definition) is 5. The topological polar surface area (TPSA) is 42.2 Å². The summed E-state index contributed by atoms with van der Waals surface area (Å²) in [5.41, 5.74) is 2.81. The molecule has 0 aliphatic rings. The maximum Gasteiger partial charge on any atom is 0.257 e. The Hall–Kier alpha value is -1.98. The van der Waals surface area contributed by atoms with E-state index < -0.39 is 0 Å². The molecule has 0 amide bonds. The summed E-state index contributed by atoms with van der Waals surface area (Å²) in [6.45, 7) is 9.63. The van der Waals surface area contributed by atoms with E-state index in [1.54, 1.807) is 11.3 Å². The van der Waals surface area contributed by atoms with Gasteiger partial charge in [0.2, 0.25) is 5.89 Å². The Balaban J connectivity index is 1.67. The molecular weight excluding hydrogens is 330 g/mol. The highest BCUT2D eigenvalue weighted by Crippen LogP contribution is 2.27. The second-order valence-electron chi connectivity index (χ2n) is 7.46. The lowest BCUT2D eigenvalue weighted by Gasteiger charge is -2.23. The monoisotopic (exact) mass is 355 g/mol. The van der Waals surface area contributed by atoms with Crippen molar-refractivity contribution in [1.29, 1.82) is 0 Å². The fraction of sp³-hybridized carbons (Fsp3) is 0.400. The molecule has 0 bridgehead atoms. The first-order valence-electron chi connectivity index (χ1n) is 8.51. The molecular formula is C20H25N3OS. The molecule has 1 atom stereocenters. The molecule has 132 valence electrons. The molecule has 3 aromatic rings. The molecule has 0 saturated heterocycles. The number of rotatable bonds is 5. The maximum absolute atomic E-state index is 5.86. The fourth-order valence-corrected chi connectivity index (χ4v) is 3.27. The van der Waals surface area contributed by atoms with Crippen LogP contribution in [0.25, 0.3) is 10.8 Å². The molecule has 2 aromatic heterocycles. The molecule has 0 saturated carbocycles. The van der Waals surface area contributed by atoms with Crippen LogP contribution in [0.15, 0.2) is 46.2 Å². The predicted octanol–water partition coefficient (Wildman–Crippen LogP) is 5.29. The summed E-state index contributed by atoms with van der Waals surface area (Å²) >= 11 is 1.61. The molecule has 2 heterocycles. The molecule has 0 unspecified atom stereocenters. The lowest BCUT2D eigenvalue weighted by atomic mass is 9.87. The van der Waals surface area contributed by atoms with Gasteiger partial charge in [0.05, 0.1) is 10.9 Å². The first-order valence-corrected chi connectivity index (χ1v) is 9.39. The largest absolute Gasteiger partial charge is 0.418 e. The second kappa shape index (κ2) is 7.10. The Morgan fingerprint density at radius 3 is 2.44 bits per heavy atom. The number of hydrogen-bond donors (Lipinski definition) is 0. The lowest BCUT2D eigenvalue weighted by Crippen LogP contribution is -2.22.